The number of aryl methyl sites for hydroxylation is 1. The molecule has 0 bridgehead atoms. The van der Waals surface area contributed by atoms with Crippen LogP contribution in [0.1, 0.15) is 64.5 Å². The molecule has 0 spiro atoms. The number of hydrogen-bond acceptors (Lipinski definition) is 2. The van der Waals surface area contributed by atoms with E-state index in [1.807, 2.05) is 29.8 Å². The van der Waals surface area contributed by atoms with Crippen LogP contribution in [0.3, 0.4) is 0 Å². The Bertz CT molecular complexity index is 1280. The summed E-state index contributed by atoms with van der Waals surface area (Å²) in [6.45, 7) is 5.63. The summed E-state index contributed by atoms with van der Waals surface area (Å²) < 4.78 is 17.2. The van der Waals surface area contributed by atoms with Gasteiger partial charge in [0.15, 0.2) is 0 Å². The molecule has 1 aliphatic carbocycles. The molecular formula is C26H30FN3O. The van der Waals surface area contributed by atoms with E-state index in [9.17, 15) is 9.18 Å². The van der Waals surface area contributed by atoms with E-state index in [-0.39, 0.29) is 17.6 Å². The van der Waals surface area contributed by atoms with Crippen molar-refractivity contribution in [1.29, 1.82) is 0 Å². The van der Waals surface area contributed by atoms with Crippen LogP contribution in [0.25, 0.3) is 27.5 Å². The van der Waals surface area contributed by atoms with E-state index < -0.39 is 0 Å². The number of pyridine rings is 1. The van der Waals surface area contributed by atoms with Gasteiger partial charge in [-0.3, -0.25) is 14.1 Å². The average molecular weight is 420 g/mol. The Balaban J connectivity index is 2.00. The molecule has 2 heterocycles. The summed E-state index contributed by atoms with van der Waals surface area (Å²) in [6.07, 6.45) is 12.5. The van der Waals surface area contributed by atoms with Crippen molar-refractivity contribution in [3.63, 3.8) is 0 Å². The van der Waals surface area contributed by atoms with Crippen molar-refractivity contribution < 1.29 is 4.39 Å². The first-order chi connectivity index (χ1) is 14.9. The Hall–Kier alpha value is -2.95. The zero-order valence-corrected chi connectivity index (χ0v) is 18.8. The Kier molecular flexibility index (Phi) is 5.94. The molecule has 0 atom stereocenters. The molecule has 3 aromatic rings. The van der Waals surface area contributed by atoms with Gasteiger partial charge in [-0.2, -0.15) is 0 Å². The van der Waals surface area contributed by atoms with Gasteiger partial charge in [0.2, 0.25) is 0 Å². The average Bonchev–Trinajstić information content (AvgIpc) is 3.37. The van der Waals surface area contributed by atoms with Gasteiger partial charge in [-0.15, -0.1) is 0 Å². The van der Waals surface area contributed by atoms with Gasteiger partial charge in [0.1, 0.15) is 0 Å². The summed E-state index contributed by atoms with van der Waals surface area (Å²) in [5, 5.41) is 0.967. The lowest BCUT2D eigenvalue weighted by Gasteiger charge is -2.13. The number of aromatic nitrogens is 3. The molecule has 4 rings (SSSR count). The largest absolute Gasteiger partial charge is 0.329 e. The summed E-state index contributed by atoms with van der Waals surface area (Å²) in [5.74, 6) is -0.233. The quantitative estimate of drug-likeness (QED) is 0.436. The zero-order valence-electron chi connectivity index (χ0n) is 18.8. The monoisotopic (exact) mass is 419 g/mol. The second-order valence-corrected chi connectivity index (χ2v) is 8.59. The van der Waals surface area contributed by atoms with E-state index in [4.69, 9.17) is 0 Å². The summed E-state index contributed by atoms with van der Waals surface area (Å²) in [5.41, 5.74) is 5.85. The van der Waals surface area contributed by atoms with E-state index in [1.54, 1.807) is 10.8 Å². The number of benzene rings is 1. The van der Waals surface area contributed by atoms with Crippen LogP contribution < -0.4 is 5.69 Å². The van der Waals surface area contributed by atoms with E-state index >= 15 is 0 Å². The third kappa shape index (κ3) is 4.01. The fourth-order valence-corrected chi connectivity index (χ4v) is 4.51. The van der Waals surface area contributed by atoms with Crippen molar-refractivity contribution in [1.82, 2.24) is 14.1 Å². The number of halogens is 1. The molecule has 1 fully saturated rings. The molecule has 2 aromatic heterocycles. The predicted octanol–water partition coefficient (Wildman–Crippen LogP) is 6.62. The minimum absolute atomic E-state index is 0.0232. The molecule has 1 aromatic carbocycles. The first kappa shape index (κ1) is 21.3. The molecule has 0 saturated heterocycles. The predicted molar refractivity (Wildman–Crippen MR) is 127 cm³/mol. The number of allylic oxidation sites excluding steroid dienone is 6. The van der Waals surface area contributed by atoms with Crippen LogP contribution in [0, 0.1) is 0 Å². The van der Waals surface area contributed by atoms with Gasteiger partial charge >= 0.3 is 5.69 Å². The van der Waals surface area contributed by atoms with Crippen molar-refractivity contribution in [2.45, 2.75) is 58.9 Å². The Morgan fingerprint density at radius 1 is 1.23 bits per heavy atom. The number of imidazole rings is 1. The minimum atomic E-state index is -0.233. The van der Waals surface area contributed by atoms with Crippen molar-refractivity contribution in [3.05, 3.63) is 70.1 Å². The fraction of sp³-hybridized carbons (Fsp3) is 0.385. The fourth-order valence-electron chi connectivity index (χ4n) is 4.51. The summed E-state index contributed by atoms with van der Waals surface area (Å²) in [7, 11) is 1.82. The molecule has 0 aliphatic heterocycles. The Morgan fingerprint density at radius 3 is 2.65 bits per heavy atom. The molecule has 0 amide bonds. The normalized spacial score (nSPS) is 16.7. The van der Waals surface area contributed by atoms with Gasteiger partial charge in [0, 0.05) is 18.5 Å². The molecule has 5 heteroatoms. The highest BCUT2D eigenvalue weighted by atomic mass is 19.1. The zero-order chi connectivity index (χ0) is 22.1. The Labute approximate surface area is 182 Å². The Morgan fingerprint density at radius 2 is 1.97 bits per heavy atom. The van der Waals surface area contributed by atoms with Crippen molar-refractivity contribution in [3.8, 4) is 0 Å². The van der Waals surface area contributed by atoms with Gasteiger partial charge < -0.3 is 0 Å². The second kappa shape index (κ2) is 8.66. The standard InChI is InChI=1S/C26H30FN3O/c1-5-17(2)14-19(11-10-18(3)27)20-12-13-23-22(15-20)25-24(16-28-23)29(4)26(31)30(25)21-8-6-7-9-21/h10-16,21H,5-9H2,1-4H3/b17-14+,18-10+,19-11+. The molecule has 162 valence electrons. The molecule has 0 unspecified atom stereocenters. The van der Waals surface area contributed by atoms with Crippen LogP contribution in [0.5, 0.6) is 0 Å². The molecule has 31 heavy (non-hydrogen) atoms. The van der Waals surface area contributed by atoms with Crippen LogP contribution in [-0.2, 0) is 7.05 Å². The van der Waals surface area contributed by atoms with Gasteiger partial charge in [0.25, 0.3) is 0 Å². The minimum Gasteiger partial charge on any atom is -0.293 e. The maximum Gasteiger partial charge on any atom is 0.329 e. The summed E-state index contributed by atoms with van der Waals surface area (Å²) in [6, 6.07) is 6.35. The number of nitrogens with zero attached hydrogens (tertiary/aromatic N) is 3. The molecule has 1 aliphatic rings. The SMILES string of the molecule is CC/C(C)=C/C(=C\C=C(/C)F)c1ccc2ncc3c(c2c1)n(C1CCCC1)c(=O)n3C. The second-order valence-electron chi connectivity index (χ2n) is 8.59. The van der Waals surface area contributed by atoms with Crippen molar-refractivity contribution >= 4 is 27.5 Å². The molecule has 1 saturated carbocycles. The lowest BCUT2D eigenvalue weighted by atomic mass is 9.99. The molecule has 0 radical (unpaired) electrons. The molecule has 4 nitrogen and oxygen atoms in total. The lowest BCUT2D eigenvalue weighted by molar-refractivity contribution is 0.510. The first-order valence-electron chi connectivity index (χ1n) is 11.1. The van der Waals surface area contributed by atoms with Gasteiger partial charge in [-0.1, -0.05) is 43.6 Å². The van der Waals surface area contributed by atoms with Crippen LogP contribution in [0.2, 0.25) is 0 Å². The van der Waals surface area contributed by atoms with Gasteiger partial charge in [0.05, 0.1) is 28.6 Å². The molecule has 0 N–H and O–H groups in total. The van der Waals surface area contributed by atoms with Crippen molar-refractivity contribution in [2.24, 2.45) is 7.05 Å². The smallest absolute Gasteiger partial charge is 0.293 e. The van der Waals surface area contributed by atoms with Crippen LogP contribution in [0.4, 0.5) is 4.39 Å². The highest BCUT2D eigenvalue weighted by Gasteiger charge is 2.24. The highest BCUT2D eigenvalue weighted by Crippen LogP contribution is 2.34. The maximum absolute atomic E-state index is 13.5. The summed E-state index contributed by atoms with van der Waals surface area (Å²) in [4.78, 5) is 17.8. The third-order valence-electron chi connectivity index (χ3n) is 6.39. The third-order valence-corrected chi connectivity index (χ3v) is 6.39. The number of hydrogen-bond donors (Lipinski definition) is 0. The topological polar surface area (TPSA) is 39.8 Å². The van der Waals surface area contributed by atoms with Crippen LogP contribution in [0.15, 0.2) is 58.8 Å². The van der Waals surface area contributed by atoms with Crippen LogP contribution in [-0.4, -0.2) is 14.1 Å². The highest BCUT2D eigenvalue weighted by molar-refractivity contribution is 6.03. The molecular weight excluding hydrogens is 389 g/mol. The maximum atomic E-state index is 13.5. The van der Waals surface area contributed by atoms with E-state index in [2.05, 4.69) is 31.0 Å². The number of rotatable bonds is 5. The van der Waals surface area contributed by atoms with Crippen molar-refractivity contribution in [2.75, 3.05) is 0 Å². The van der Waals surface area contributed by atoms with Crippen LogP contribution >= 0.6 is 0 Å². The summed E-state index contributed by atoms with van der Waals surface area (Å²) >= 11 is 0. The van der Waals surface area contributed by atoms with E-state index in [0.717, 1.165) is 65.2 Å². The van der Waals surface area contributed by atoms with E-state index in [1.165, 1.54) is 18.6 Å². The first-order valence-corrected chi connectivity index (χ1v) is 11.1. The van der Waals surface area contributed by atoms with E-state index in [0.29, 0.717) is 0 Å². The number of fused-ring (bicyclic) bond motifs is 3. The lowest BCUT2D eigenvalue weighted by Crippen LogP contribution is -2.24. The van der Waals surface area contributed by atoms with Gasteiger partial charge in [-0.05, 0) is 62.5 Å². The van der Waals surface area contributed by atoms with Gasteiger partial charge in [-0.25, -0.2) is 9.18 Å².